The van der Waals surface area contributed by atoms with Crippen LogP contribution in [0.15, 0.2) is 12.1 Å². The van der Waals surface area contributed by atoms with Crippen molar-refractivity contribution in [3.8, 4) is 12.1 Å². The number of hydrogen-bond donors (Lipinski definition) is 1. The van der Waals surface area contributed by atoms with E-state index in [1.54, 1.807) is 6.07 Å². The molecular weight excluding hydrogens is 186 g/mol. The average Bonchev–Trinajstić information content (AvgIpc) is 2.04. The van der Waals surface area contributed by atoms with E-state index in [4.69, 9.17) is 27.9 Å². The zero-order chi connectivity index (χ0) is 9.84. The van der Waals surface area contributed by atoms with Crippen LogP contribution in [-0.4, -0.2) is 0 Å². The van der Waals surface area contributed by atoms with Gasteiger partial charge in [0.15, 0.2) is 0 Å². The third kappa shape index (κ3) is 1.90. The Morgan fingerprint density at radius 3 is 2.62 bits per heavy atom. The fraction of sp³-hybridized carbons (Fsp3) is 0.111. The van der Waals surface area contributed by atoms with E-state index >= 15 is 0 Å². The lowest BCUT2D eigenvalue weighted by Gasteiger charge is -2.03. The van der Waals surface area contributed by atoms with Gasteiger partial charge < -0.3 is 5.73 Å². The number of hydrogen-bond acceptors (Lipinski definition) is 3. The Balaban J connectivity index is 3.33. The normalized spacial score (nSPS) is 8.85. The van der Waals surface area contributed by atoms with Crippen LogP contribution in [0, 0.1) is 22.7 Å². The largest absolute Gasteiger partial charge is 0.398 e. The monoisotopic (exact) mass is 191 g/mol. The third-order valence-corrected chi connectivity index (χ3v) is 1.81. The quantitative estimate of drug-likeness (QED) is 0.689. The Morgan fingerprint density at radius 2 is 2.08 bits per heavy atom. The van der Waals surface area contributed by atoms with Gasteiger partial charge in [-0.05, 0) is 17.7 Å². The van der Waals surface area contributed by atoms with E-state index in [-0.39, 0.29) is 6.42 Å². The summed E-state index contributed by atoms with van der Waals surface area (Å²) in [5.41, 5.74) is 6.78. The van der Waals surface area contributed by atoms with Crippen molar-refractivity contribution in [3.05, 3.63) is 28.3 Å². The molecule has 1 rings (SSSR count). The molecule has 0 saturated heterocycles. The molecule has 0 bridgehead atoms. The maximum Gasteiger partial charge on any atom is 0.102 e. The molecule has 0 aliphatic carbocycles. The first-order chi connectivity index (χ1) is 6.19. The first kappa shape index (κ1) is 9.38. The molecule has 0 aliphatic heterocycles. The number of nitrogens with zero attached hydrogens (tertiary/aromatic N) is 2. The fourth-order valence-corrected chi connectivity index (χ4v) is 1.30. The SMILES string of the molecule is N#CCc1cc(Cl)cc(N)c1C#N. The molecule has 0 radical (unpaired) electrons. The molecule has 64 valence electrons. The molecule has 0 spiro atoms. The van der Waals surface area contributed by atoms with E-state index in [1.165, 1.54) is 6.07 Å². The van der Waals surface area contributed by atoms with Gasteiger partial charge in [-0.2, -0.15) is 10.5 Å². The summed E-state index contributed by atoms with van der Waals surface area (Å²) in [6.07, 6.45) is 0.146. The number of benzene rings is 1. The van der Waals surface area contributed by atoms with Gasteiger partial charge in [0.1, 0.15) is 6.07 Å². The van der Waals surface area contributed by atoms with E-state index in [0.717, 1.165) is 0 Å². The Bertz CT molecular complexity index is 412. The molecule has 1 aromatic carbocycles. The fourth-order valence-electron chi connectivity index (χ4n) is 1.05. The van der Waals surface area contributed by atoms with Crippen molar-refractivity contribution >= 4 is 17.3 Å². The van der Waals surface area contributed by atoms with E-state index in [0.29, 0.717) is 21.8 Å². The maximum absolute atomic E-state index is 8.73. The van der Waals surface area contributed by atoms with E-state index in [9.17, 15) is 0 Å². The van der Waals surface area contributed by atoms with Crippen LogP contribution in [0.1, 0.15) is 11.1 Å². The molecule has 0 aromatic heterocycles. The second kappa shape index (κ2) is 3.80. The second-order valence-electron chi connectivity index (χ2n) is 2.48. The molecule has 0 aliphatic rings. The molecule has 13 heavy (non-hydrogen) atoms. The van der Waals surface area contributed by atoms with Crippen molar-refractivity contribution in [1.82, 2.24) is 0 Å². The Labute approximate surface area is 81.0 Å². The van der Waals surface area contributed by atoms with Crippen molar-refractivity contribution in [2.45, 2.75) is 6.42 Å². The van der Waals surface area contributed by atoms with Crippen molar-refractivity contribution in [1.29, 1.82) is 10.5 Å². The number of anilines is 1. The topological polar surface area (TPSA) is 73.6 Å². The van der Waals surface area contributed by atoms with Gasteiger partial charge >= 0.3 is 0 Å². The maximum atomic E-state index is 8.73. The molecule has 4 heteroatoms. The highest BCUT2D eigenvalue weighted by Crippen LogP contribution is 2.22. The number of halogens is 1. The molecule has 0 heterocycles. The van der Waals surface area contributed by atoms with Crippen LogP contribution in [0.5, 0.6) is 0 Å². The van der Waals surface area contributed by atoms with Crippen LogP contribution in [0.2, 0.25) is 5.02 Å². The van der Waals surface area contributed by atoms with Gasteiger partial charge in [-0.15, -0.1) is 0 Å². The molecule has 0 fully saturated rings. The van der Waals surface area contributed by atoms with E-state index < -0.39 is 0 Å². The second-order valence-corrected chi connectivity index (χ2v) is 2.91. The molecular formula is C9H6ClN3. The Morgan fingerprint density at radius 1 is 1.38 bits per heavy atom. The smallest absolute Gasteiger partial charge is 0.102 e. The first-order valence-electron chi connectivity index (χ1n) is 3.54. The highest BCUT2D eigenvalue weighted by Gasteiger charge is 2.06. The molecule has 3 nitrogen and oxygen atoms in total. The zero-order valence-electron chi connectivity index (χ0n) is 6.71. The molecule has 2 N–H and O–H groups in total. The van der Waals surface area contributed by atoms with Crippen LogP contribution in [0.3, 0.4) is 0 Å². The lowest BCUT2D eigenvalue weighted by molar-refractivity contribution is 1.24. The molecule has 0 unspecified atom stereocenters. The minimum atomic E-state index is 0.146. The van der Waals surface area contributed by atoms with Gasteiger partial charge in [-0.1, -0.05) is 11.6 Å². The summed E-state index contributed by atoms with van der Waals surface area (Å²) in [4.78, 5) is 0. The Hall–Kier alpha value is -1.71. The molecule has 0 saturated carbocycles. The van der Waals surface area contributed by atoms with Crippen LogP contribution in [0.25, 0.3) is 0 Å². The van der Waals surface area contributed by atoms with Gasteiger partial charge in [0.25, 0.3) is 0 Å². The average molecular weight is 192 g/mol. The predicted molar refractivity (Wildman–Crippen MR) is 49.9 cm³/mol. The van der Waals surface area contributed by atoms with Crippen molar-refractivity contribution in [2.75, 3.05) is 5.73 Å². The van der Waals surface area contributed by atoms with Gasteiger partial charge in [0.05, 0.1) is 23.7 Å². The van der Waals surface area contributed by atoms with Crippen LogP contribution >= 0.6 is 11.6 Å². The molecule has 1 aromatic rings. The number of nitrogens with two attached hydrogens (primary N) is 1. The minimum Gasteiger partial charge on any atom is -0.398 e. The third-order valence-electron chi connectivity index (χ3n) is 1.60. The summed E-state index contributed by atoms with van der Waals surface area (Å²) < 4.78 is 0. The lowest BCUT2D eigenvalue weighted by atomic mass is 10.0. The molecule has 0 atom stereocenters. The minimum absolute atomic E-state index is 0.146. The lowest BCUT2D eigenvalue weighted by Crippen LogP contribution is -1.96. The van der Waals surface area contributed by atoms with E-state index in [2.05, 4.69) is 0 Å². The van der Waals surface area contributed by atoms with Gasteiger partial charge in [-0.3, -0.25) is 0 Å². The van der Waals surface area contributed by atoms with Crippen LogP contribution in [-0.2, 0) is 6.42 Å². The number of nitriles is 2. The summed E-state index contributed by atoms with van der Waals surface area (Å²) in [6, 6.07) is 6.97. The highest BCUT2D eigenvalue weighted by atomic mass is 35.5. The van der Waals surface area contributed by atoms with Gasteiger partial charge in [0, 0.05) is 5.02 Å². The zero-order valence-corrected chi connectivity index (χ0v) is 7.47. The summed E-state index contributed by atoms with van der Waals surface area (Å²) in [7, 11) is 0. The standard InChI is InChI=1S/C9H6ClN3/c10-7-3-6(1-2-11)8(5-12)9(13)4-7/h3-4H,1,13H2. The summed E-state index contributed by atoms with van der Waals surface area (Å²) in [5.74, 6) is 0. The van der Waals surface area contributed by atoms with Gasteiger partial charge in [-0.25, -0.2) is 0 Å². The summed E-state index contributed by atoms with van der Waals surface area (Å²) >= 11 is 5.72. The molecule has 0 amide bonds. The number of nitrogen functional groups attached to an aromatic ring is 1. The first-order valence-corrected chi connectivity index (χ1v) is 3.91. The van der Waals surface area contributed by atoms with Crippen molar-refractivity contribution < 1.29 is 0 Å². The van der Waals surface area contributed by atoms with Crippen molar-refractivity contribution in [2.24, 2.45) is 0 Å². The van der Waals surface area contributed by atoms with E-state index in [1.807, 2.05) is 12.1 Å². The summed E-state index contributed by atoms with van der Waals surface area (Å²) in [6.45, 7) is 0. The van der Waals surface area contributed by atoms with Crippen molar-refractivity contribution in [3.63, 3.8) is 0 Å². The van der Waals surface area contributed by atoms with Crippen LogP contribution < -0.4 is 5.73 Å². The highest BCUT2D eigenvalue weighted by molar-refractivity contribution is 6.31. The summed E-state index contributed by atoms with van der Waals surface area (Å²) in [5, 5.41) is 17.7. The number of rotatable bonds is 1. The predicted octanol–water partition coefficient (Wildman–Crippen LogP) is 1.86. The Kier molecular flexibility index (Phi) is 2.74. The van der Waals surface area contributed by atoms with Gasteiger partial charge in [0.2, 0.25) is 0 Å². The van der Waals surface area contributed by atoms with Crippen LogP contribution in [0.4, 0.5) is 5.69 Å².